The van der Waals surface area contributed by atoms with Crippen LogP contribution < -0.4 is 0 Å². The van der Waals surface area contributed by atoms with Crippen LogP contribution in [-0.2, 0) is 0 Å². The molecule has 0 N–H and O–H groups in total. The fourth-order valence-electron chi connectivity index (χ4n) is 14.2. The molecule has 0 fully saturated rings. The third kappa shape index (κ3) is 8.70. The van der Waals surface area contributed by atoms with Gasteiger partial charge in [-0.05, 0) is 176 Å². The predicted molar refractivity (Wildman–Crippen MR) is 311 cm³/mol. The Morgan fingerprint density at radius 1 is 0.587 bits per heavy atom. The van der Waals surface area contributed by atoms with Crippen LogP contribution in [0.15, 0.2) is 210 Å². The molecule has 8 unspecified atom stereocenters. The highest BCUT2D eigenvalue weighted by Crippen LogP contribution is 2.52. The Bertz CT molecular complexity index is 3510. The first-order chi connectivity index (χ1) is 37.1. The van der Waals surface area contributed by atoms with Crippen LogP contribution in [-0.4, -0.2) is 36.5 Å². The van der Waals surface area contributed by atoms with E-state index in [1.807, 2.05) is 0 Å². The smallest absolute Gasteiger partial charge is 0.159 e. The maximum atomic E-state index is 5.75. The molecule has 9 aliphatic rings. The van der Waals surface area contributed by atoms with E-state index in [1.54, 1.807) is 0 Å². The topological polar surface area (TPSA) is 46.8 Å². The molecule has 0 saturated carbocycles. The number of fused-ring (bicyclic) bond motifs is 5. The summed E-state index contributed by atoms with van der Waals surface area (Å²) in [5, 5.41) is 2.62. The molecule has 5 aromatic rings. The molecular formula is C70H69N5. The fourth-order valence-corrected chi connectivity index (χ4v) is 14.2. The second kappa shape index (κ2) is 19.9. The largest absolute Gasteiger partial charge is 0.360 e. The third-order valence-electron chi connectivity index (χ3n) is 18.2. The van der Waals surface area contributed by atoms with Crippen molar-refractivity contribution in [3.8, 4) is 11.1 Å². The molecule has 374 valence electrons. The van der Waals surface area contributed by atoms with Gasteiger partial charge in [-0.3, -0.25) is 0 Å². The molecule has 0 amide bonds. The molecule has 0 bridgehead atoms. The van der Waals surface area contributed by atoms with E-state index in [-0.39, 0.29) is 30.0 Å². The van der Waals surface area contributed by atoms with Crippen molar-refractivity contribution in [1.29, 1.82) is 0 Å². The highest BCUT2D eigenvalue weighted by molar-refractivity contribution is 6.10. The van der Waals surface area contributed by atoms with Crippen LogP contribution in [0.2, 0.25) is 0 Å². The minimum atomic E-state index is -0.00889. The summed E-state index contributed by atoms with van der Waals surface area (Å²) in [7, 11) is 0. The monoisotopic (exact) mass is 980 g/mol. The number of aromatic nitrogens is 4. The SMILES string of the molecule is CC1C=CC(c2nc(C3=CC=CCC3)nc(C3CC(n4c5ccc(C6=CC=CCC6)cc5c5cc(-c6ccccc6)ccc54)C=CC3N3C4=C(C=C(C5=CCCC=C5)CC4)C4C=C(C5CC=CCC5)C=CC43)n2)CC1. The molecule has 1 aliphatic heterocycles. The first-order valence-electron chi connectivity index (χ1n) is 28.7. The van der Waals surface area contributed by atoms with Gasteiger partial charge in [-0.15, -0.1) is 0 Å². The molecule has 0 radical (unpaired) electrons. The third-order valence-corrected chi connectivity index (χ3v) is 18.2. The molecule has 0 spiro atoms. The average molecular weight is 980 g/mol. The average Bonchev–Trinajstić information content (AvgIpc) is 4.01. The molecule has 75 heavy (non-hydrogen) atoms. The Morgan fingerprint density at radius 2 is 1.40 bits per heavy atom. The van der Waals surface area contributed by atoms with E-state index in [0.29, 0.717) is 17.8 Å². The van der Waals surface area contributed by atoms with E-state index in [9.17, 15) is 0 Å². The zero-order valence-electron chi connectivity index (χ0n) is 43.6. The highest BCUT2D eigenvalue weighted by atomic mass is 15.2. The van der Waals surface area contributed by atoms with Crippen molar-refractivity contribution in [3.05, 3.63) is 233 Å². The van der Waals surface area contributed by atoms with Gasteiger partial charge in [-0.25, -0.2) is 15.0 Å². The first kappa shape index (κ1) is 46.4. The van der Waals surface area contributed by atoms with Crippen molar-refractivity contribution in [2.24, 2.45) is 17.8 Å². The Balaban J connectivity index is 0.949. The molecule has 8 aliphatic carbocycles. The molecule has 3 heterocycles. The summed E-state index contributed by atoms with van der Waals surface area (Å²) >= 11 is 0. The van der Waals surface area contributed by atoms with Gasteiger partial charge in [0.25, 0.3) is 0 Å². The summed E-state index contributed by atoms with van der Waals surface area (Å²) in [6, 6.07) is 25.7. The summed E-state index contributed by atoms with van der Waals surface area (Å²) in [4.78, 5) is 19.7. The van der Waals surface area contributed by atoms with Gasteiger partial charge in [0.2, 0.25) is 0 Å². The maximum Gasteiger partial charge on any atom is 0.159 e. The van der Waals surface area contributed by atoms with Gasteiger partial charge < -0.3 is 9.47 Å². The molecule has 2 aromatic heterocycles. The van der Waals surface area contributed by atoms with Gasteiger partial charge in [0.05, 0.1) is 18.1 Å². The summed E-state index contributed by atoms with van der Waals surface area (Å²) in [5.41, 5.74) is 16.5. The van der Waals surface area contributed by atoms with Crippen molar-refractivity contribution in [2.75, 3.05) is 0 Å². The van der Waals surface area contributed by atoms with Gasteiger partial charge in [0, 0.05) is 45.3 Å². The van der Waals surface area contributed by atoms with Crippen LogP contribution in [0.5, 0.6) is 0 Å². The molecule has 5 heteroatoms. The Hall–Kier alpha value is -7.11. The fraction of sp³-hybridized carbons (Fsp3) is 0.329. The minimum absolute atomic E-state index is 0.00889. The lowest BCUT2D eigenvalue weighted by molar-refractivity contribution is 0.195. The van der Waals surface area contributed by atoms with E-state index in [2.05, 4.69) is 199 Å². The number of benzene rings is 3. The standard InChI is InChI=1S/C70H69N5/c1-46-27-29-52(30-28-46)69-71-68(51-25-15-6-16-26-51)72-70(73-69)62-45-57(74-63-36-31-53(47-17-7-2-8-18-47)41-58(63)59-42-54(32-37-64(59)74)48-19-9-3-10-20-48)35-40-67(62)75-65-38-33-55(49-21-11-4-12-22-49)43-60(65)61-44-56(34-39-66(61)75)50-23-13-5-14-24-50/h2-4,6-9,11,13,15,17-19,23-25,27,29,31-33,35-38,40-44,46,49,52,57,60,62,65,67H,5,10,12,14,16,20-22,26,28,30,34,39,45H2,1H3. The van der Waals surface area contributed by atoms with Crippen molar-refractivity contribution >= 4 is 33.0 Å². The van der Waals surface area contributed by atoms with E-state index < -0.39 is 0 Å². The molecular weight excluding hydrogens is 911 g/mol. The molecule has 3 aromatic carbocycles. The molecule has 5 nitrogen and oxygen atoms in total. The second-order valence-electron chi connectivity index (χ2n) is 22.9. The summed E-state index contributed by atoms with van der Waals surface area (Å²) in [6.07, 6.45) is 61.1. The van der Waals surface area contributed by atoms with Gasteiger partial charge in [-0.2, -0.15) is 0 Å². The lowest BCUT2D eigenvalue weighted by atomic mass is 9.78. The summed E-state index contributed by atoms with van der Waals surface area (Å²) in [6.45, 7) is 2.33. The van der Waals surface area contributed by atoms with Gasteiger partial charge in [-0.1, -0.05) is 165 Å². The molecule has 8 atom stereocenters. The van der Waals surface area contributed by atoms with E-state index in [1.165, 1.54) is 90.5 Å². The van der Waals surface area contributed by atoms with E-state index in [4.69, 9.17) is 15.0 Å². The minimum Gasteiger partial charge on any atom is -0.360 e. The van der Waals surface area contributed by atoms with Gasteiger partial charge in [0.1, 0.15) is 11.6 Å². The number of hydrogen-bond donors (Lipinski definition) is 0. The van der Waals surface area contributed by atoms with Crippen molar-refractivity contribution in [2.45, 2.75) is 127 Å². The van der Waals surface area contributed by atoms with Crippen molar-refractivity contribution in [1.82, 2.24) is 24.4 Å². The number of rotatable bonds is 9. The van der Waals surface area contributed by atoms with Crippen molar-refractivity contribution in [3.63, 3.8) is 0 Å². The van der Waals surface area contributed by atoms with Crippen LogP contribution >= 0.6 is 0 Å². The number of nitrogens with zero attached hydrogens (tertiary/aromatic N) is 5. The quantitative estimate of drug-likeness (QED) is 0.138. The lowest BCUT2D eigenvalue weighted by Gasteiger charge is -2.43. The van der Waals surface area contributed by atoms with Crippen LogP contribution in [0, 0.1) is 17.8 Å². The van der Waals surface area contributed by atoms with Crippen molar-refractivity contribution < 1.29 is 0 Å². The number of allylic oxidation sites excluding steroid dienone is 22. The highest BCUT2D eigenvalue weighted by Gasteiger charge is 2.47. The van der Waals surface area contributed by atoms with Gasteiger partial charge >= 0.3 is 0 Å². The van der Waals surface area contributed by atoms with Crippen LogP contribution in [0.4, 0.5) is 0 Å². The Kier molecular flexibility index (Phi) is 12.3. The summed E-state index contributed by atoms with van der Waals surface area (Å²) in [5.74, 6) is 4.35. The molecule has 0 saturated heterocycles. The van der Waals surface area contributed by atoms with Crippen LogP contribution in [0.25, 0.3) is 44.1 Å². The zero-order chi connectivity index (χ0) is 49.8. The Morgan fingerprint density at radius 3 is 2.16 bits per heavy atom. The first-order valence-corrected chi connectivity index (χ1v) is 28.7. The zero-order valence-corrected chi connectivity index (χ0v) is 43.6. The second-order valence-corrected chi connectivity index (χ2v) is 22.9. The Labute approximate surface area is 444 Å². The van der Waals surface area contributed by atoms with E-state index >= 15 is 0 Å². The van der Waals surface area contributed by atoms with Crippen LogP contribution in [0.3, 0.4) is 0 Å². The molecule has 14 rings (SSSR count). The summed E-state index contributed by atoms with van der Waals surface area (Å²) < 4.78 is 2.67. The normalized spacial score (nSPS) is 28.1. The van der Waals surface area contributed by atoms with Crippen LogP contribution in [0.1, 0.15) is 138 Å². The van der Waals surface area contributed by atoms with Gasteiger partial charge in [0.15, 0.2) is 5.82 Å². The maximum absolute atomic E-state index is 5.75. The lowest BCUT2D eigenvalue weighted by Crippen LogP contribution is -2.45. The number of hydrogen-bond acceptors (Lipinski definition) is 4. The van der Waals surface area contributed by atoms with E-state index in [0.717, 1.165) is 94.5 Å². The predicted octanol–water partition coefficient (Wildman–Crippen LogP) is 17.2.